The second-order valence-electron chi connectivity index (χ2n) is 4.00. The third-order valence-corrected chi connectivity index (χ3v) is 2.90. The minimum atomic E-state index is 0.0471. The lowest BCUT2D eigenvalue weighted by atomic mass is 10.2. The predicted octanol–water partition coefficient (Wildman–Crippen LogP) is 1.51. The average Bonchev–Trinajstić information content (AvgIpc) is 2.95. The fraction of sp³-hybridized carbons (Fsp3) is 0. The molecule has 0 aliphatic rings. The Morgan fingerprint density at radius 3 is 2.89 bits per heavy atom. The van der Waals surface area contributed by atoms with Crippen molar-refractivity contribution in [1.29, 1.82) is 0 Å². The second kappa shape index (κ2) is 4.41. The summed E-state index contributed by atoms with van der Waals surface area (Å²) in [6, 6.07) is 11.3. The molecule has 19 heavy (non-hydrogen) atoms. The zero-order valence-corrected chi connectivity index (χ0v) is 9.93. The monoisotopic (exact) mass is 253 g/mol. The molecule has 0 amide bonds. The van der Waals surface area contributed by atoms with Crippen molar-refractivity contribution < 1.29 is 5.21 Å². The van der Waals surface area contributed by atoms with Crippen molar-refractivity contribution in [2.45, 2.75) is 0 Å². The van der Waals surface area contributed by atoms with Crippen molar-refractivity contribution in [3.8, 4) is 5.69 Å². The first-order valence-electron chi connectivity index (χ1n) is 5.67. The lowest BCUT2D eigenvalue weighted by molar-refractivity contribution is 0.318. The number of benzene rings is 1. The molecule has 3 rings (SSSR count). The largest absolute Gasteiger partial charge is 0.409 e. The Morgan fingerprint density at radius 1 is 1.21 bits per heavy atom. The molecule has 0 fully saturated rings. The summed E-state index contributed by atoms with van der Waals surface area (Å²) in [4.78, 5) is 0. The van der Waals surface area contributed by atoms with E-state index in [0.717, 1.165) is 16.6 Å². The molecule has 94 valence electrons. The highest BCUT2D eigenvalue weighted by Gasteiger charge is 2.10. The molecule has 2 aromatic heterocycles. The van der Waals surface area contributed by atoms with E-state index in [1.807, 2.05) is 41.1 Å². The molecule has 0 saturated carbocycles. The predicted molar refractivity (Wildman–Crippen MR) is 71.4 cm³/mol. The van der Waals surface area contributed by atoms with Crippen LogP contribution in [0.4, 0.5) is 0 Å². The van der Waals surface area contributed by atoms with Crippen LogP contribution in [-0.2, 0) is 0 Å². The third-order valence-electron chi connectivity index (χ3n) is 2.90. The summed E-state index contributed by atoms with van der Waals surface area (Å²) in [5.74, 6) is 0.0471. The van der Waals surface area contributed by atoms with Gasteiger partial charge in [0.1, 0.15) is 0 Å². The standard InChI is InChI=1S/C13H11N5O/c14-13(17-19)11-6-3-7-18(11)12-8-15-16-10-5-2-1-4-9(10)12/h1-8,19H,(H2,14,17). The molecule has 3 N–H and O–H groups in total. The third kappa shape index (κ3) is 1.79. The summed E-state index contributed by atoms with van der Waals surface area (Å²) in [6.07, 6.45) is 3.48. The normalized spacial score (nSPS) is 11.9. The van der Waals surface area contributed by atoms with Gasteiger partial charge in [0, 0.05) is 11.6 Å². The van der Waals surface area contributed by atoms with Gasteiger partial charge in [-0.05, 0) is 18.2 Å². The van der Waals surface area contributed by atoms with Crippen molar-refractivity contribution in [3.63, 3.8) is 0 Å². The van der Waals surface area contributed by atoms with E-state index < -0.39 is 0 Å². The first-order chi connectivity index (χ1) is 9.31. The number of hydrogen-bond acceptors (Lipinski definition) is 4. The molecule has 1 aromatic carbocycles. The molecule has 0 bridgehead atoms. The van der Waals surface area contributed by atoms with Gasteiger partial charge in [-0.25, -0.2) is 0 Å². The van der Waals surface area contributed by atoms with Gasteiger partial charge in [-0.2, -0.15) is 10.2 Å². The molecule has 2 heterocycles. The lowest BCUT2D eigenvalue weighted by Gasteiger charge is -2.10. The van der Waals surface area contributed by atoms with Crippen molar-refractivity contribution in [3.05, 3.63) is 54.5 Å². The fourth-order valence-electron chi connectivity index (χ4n) is 2.04. The van der Waals surface area contributed by atoms with E-state index in [1.165, 1.54) is 0 Å². The van der Waals surface area contributed by atoms with Crippen LogP contribution < -0.4 is 5.73 Å². The smallest absolute Gasteiger partial charge is 0.187 e. The molecule has 0 unspecified atom stereocenters. The number of fused-ring (bicyclic) bond motifs is 1. The number of oxime groups is 1. The summed E-state index contributed by atoms with van der Waals surface area (Å²) < 4.78 is 1.81. The maximum atomic E-state index is 8.81. The Kier molecular flexibility index (Phi) is 2.60. The van der Waals surface area contributed by atoms with Crippen LogP contribution in [-0.4, -0.2) is 25.8 Å². The summed E-state index contributed by atoms with van der Waals surface area (Å²) in [7, 11) is 0. The van der Waals surface area contributed by atoms with Crippen LogP contribution >= 0.6 is 0 Å². The van der Waals surface area contributed by atoms with Crippen molar-refractivity contribution in [1.82, 2.24) is 14.8 Å². The van der Waals surface area contributed by atoms with Crippen molar-refractivity contribution >= 4 is 16.7 Å². The van der Waals surface area contributed by atoms with Crippen molar-refractivity contribution in [2.24, 2.45) is 10.9 Å². The average molecular weight is 253 g/mol. The van der Waals surface area contributed by atoms with Crippen LogP contribution in [0.1, 0.15) is 5.69 Å². The zero-order chi connectivity index (χ0) is 13.2. The molecule has 0 atom stereocenters. The number of hydrogen-bond donors (Lipinski definition) is 2. The number of aromatic nitrogens is 3. The minimum Gasteiger partial charge on any atom is -0.409 e. The Bertz CT molecular complexity index is 757. The SMILES string of the molecule is N/C(=N/O)c1cccn1-c1cnnc2ccccc12. The van der Waals surface area contributed by atoms with Gasteiger partial charge in [0.15, 0.2) is 5.84 Å². The first-order valence-corrected chi connectivity index (χ1v) is 5.67. The lowest BCUT2D eigenvalue weighted by Crippen LogP contribution is -2.17. The molecule has 3 aromatic rings. The minimum absolute atomic E-state index is 0.0471. The molecule has 0 aliphatic heterocycles. The Balaban J connectivity index is 2.29. The van der Waals surface area contributed by atoms with Crippen LogP contribution in [0.15, 0.2) is 53.9 Å². The number of amidine groups is 1. The van der Waals surface area contributed by atoms with E-state index in [1.54, 1.807) is 12.3 Å². The molecule has 0 aliphatic carbocycles. The van der Waals surface area contributed by atoms with Gasteiger partial charge < -0.3 is 15.5 Å². The molecule has 0 spiro atoms. The van der Waals surface area contributed by atoms with E-state index >= 15 is 0 Å². The topological polar surface area (TPSA) is 89.3 Å². The maximum absolute atomic E-state index is 8.81. The highest BCUT2D eigenvalue weighted by Crippen LogP contribution is 2.21. The summed E-state index contributed by atoms with van der Waals surface area (Å²) in [5.41, 5.74) is 7.88. The molecule has 6 heteroatoms. The van der Waals surface area contributed by atoms with Crippen LogP contribution in [0.2, 0.25) is 0 Å². The van der Waals surface area contributed by atoms with Crippen LogP contribution in [0.3, 0.4) is 0 Å². The Hall–Kier alpha value is -2.89. The van der Waals surface area contributed by atoms with Gasteiger partial charge in [-0.1, -0.05) is 23.4 Å². The molecule has 0 radical (unpaired) electrons. The molecular formula is C13H11N5O. The highest BCUT2D eigenvalue weighted by atomic mass is 16.4. The number of rotatable bonds is 2. The number of nitrogens with zero attached hydrogens (tertiary/aromatic N) is 4. The summed E-state index contributed by atoms with van der Waals surface area (Å²) in [6.45, 7) is 0. The number of nitrogens with two attached hydrogens (primary N) is 1. The summed E-state index contributed by atoms with van der Waals surface area (Å²) in [5, 5.41) is 20.8. The van der Waals surface area contributed by atoms with Gasteiger partial charge in [0.05, 0.1) is 23.1 Å². The molecular weight excluding hydrogens is 242 g/mol. The second-order valence-corrected chi connectivity index (χ2v) is 4.00. The van der Waals surface area contributed by atoms with Gasteiger partial charge in [-0.15, -0.1) is 0 Å². The zero-order valence-electron chi connectivity index (χ0n) is 9.93. The van der Waals surface area contributed by atoms with Gasteiger partial charge >= 0.3 is 0 Å². The van der Waals surface area contributed by atoms with Crippen molar-refractivity contribution in [2.75, 3.05) is 0 Å². The van der Waals surface area contributed by atoms with Gasteiger partial charge in [-0.3, -0.25) is 0 Å². The Morgan fingerprint density at radius 2 is 2.05 bits per heavy atom. The maximum Gasteiger partial charge on any atom is 0.187 e. The van der Waals surface area contributed by atoms with E-state index in [2.05, 4.69) is 15.4 Å². The first kappa shape index (κ1) is 11.2. The Labute approximate surface area is 108 Å². The quantitative estimate of drug-likeness (QED) is 0.313. The van der Waals surface area contributed by atoms with Crippen LogP contribution in [0, 0.1) is 0 Å². The molecule has 0 saturated heterocycles. The van der Waals surface area contributed by atoms with E-state index in [-0.39, 0.29) is 5.84 Å². The highest BCUT2D eigenvalue weighted by molar-refractivity contribution is 5.97. The van der Waals surface area contributed by atoms with Crippen LogP contribution in [0.25, 0.3) is 16.6 Å². The van der Waals surface area contributed by atoms with E-state index in [0.29, 0.717) is 5.69 Å². The van der Waals surface area contributed by atoms with Crippen LogP contribution in [0.5, 0.6) is 0 Å². The van der Waals surface area contributed by atoms with Gasteiger partial charge in [0.25, 0.3) is 0 Å². The fourth-order valence-corrected chi connectivity index (χ4v) is 2.04. The molecule has 6 nitrogen and oxygen atoms in total. The van der Waals surface area contributed by atoms with E-state index in [4.69, 9.17) is 10.9 Å². The van der Waals surface area contributed by atoms with Gasteiger partial charge in [0.2, 0.25) is 0 Å². The van der Waals surface area contributed by atoms with E-state index in [9.17, 15) is 0 Å². The summed E-state index contributed by atoms with van der Waals surface area (Å²) >= 11 is 0.